The van der Waals surface area contributed by atoms with Gasteiger partial charge in [0, 0.05) is 18.4 Å². The number of hydrogen-bond donors (Lipinski definition) is 1. The minimum absolute atomic E-state index is 0.0903. The summed E-state index contributed by atoms with van der Waals surface area (Å²) in [6.07, 6.45) is 2.77. The van der Waals surface area contributed by atoms with Crippen LogP contribution < -0.4 is 5.73 Å². The van der Waals surface area contributed by atoms with Crippen LogP contribution in [0.15, 0.2) is 73.5 Å². The lowest BCUT2D eigenvalue weighted by Gasteiger charge is -2.37. The van der Waals surface area contributed by atoms with E-state index in [1.165, 1.54) is 11.8 Å². The molecular formula is C22H20N2O3S2. The Kier molecular flexibility index (Phi) is 4.33. The maximum atomic E-state index is 13.1. The molecule has 0 bridgehead atoms. The molecule has 0 radical (unpaired) electrons. The number of thiazole rings is 1. The van der Waals surface area contributed by atoms with Gasteiger partial charge in [-0.25, -0.2) is 4.98 Å². The molecule has 1 unspecified atom stereocenters. The monoisotopic (exact) mass is 424 g/mol. The molecule has 5 rings (SSSR count). The number of benzene rings is 1. The van der Waals surface area contributed by atoms with E-state index in [9.17, 15) is 4.79 Å². The summed E-state index contributed by atoms with van der Waals surface area (Å²) in [5.41, 5.74) is 7.84. The number of allylic oxidation sites excluding steroid dienone is 3. The van der Waals surface area contributed by atoms with Crippen molar-refractivity contribution in [3.63, 3.8) is 0 Å². The molecule has 1 atom stereocenters. The molecule has 29 heavy (non-hydrogen) atoms. The molecule has 3 aromatic rings. The number of hydrogen-bond acceptors (Lipinski definition) is 7. The number of carbonyl (C=O) groups is 1. The third-order valence-corrected chi connectivity index (χ3v) is 7.46. The van der Waals surface area contributed by atoms with Gasteiger partial charge in [0.2, 0.25) is 5.88 Å². The fourth-order valence-electron chi connectivity index (χ4n) is 3.97. The molecule has 2 N–H and O–H groups in total. The maximum absolute atomic E-state index is 13.1. The average molecular weight is 425 g/mol. The van der Waals surface area contributed by atoms with Crippen LogP contribution in [0.1, 0.15) is 38.4 Å². The first-order chi connectivity index (χ1) is 13.9. The van der Waals surface area contributed by atoms with Crippen molar-refractivity contribution in [2.24, 2.45) is 11.1 Å². The molecule has 0 saturated carbocycles. The van der Waals surface area contributed by atoms with E-state index in [-0.39, 0.29) is 17.1 Å². The molecule has 148 valence electrons. The first-order valence-corrected chi connectivity index (χ1v) is 11.1. The number of aromatic nitrogens is 1. The minimum Gasteiger partial charge on any atom is -0.468 e. The number of nitrogens with zero attached hydrogens (tertiary/aromatic N) is 1. The van der Waals surface area contributed by atoms with Gasteiger partial charge in [-0.05, 0) is 29.7 Å². The van der Waals surface area contributed by atoms with Gasteiger partial charge in [0.1, 0.15) is 11.5 Å². The Morgan fingerprint density at radius 2 is 2.03 bits per heavy atom. The summed E-state index contributed by atoms with van der Waals surface area (Å²) < 4.78 is 13.7. The van der Waals surface area contributed by atoms with Gasteiger partial charge in [-0.1, -0.05) is 37.7 Å². The summed E-state index contributed by atoms with van der Waals surface area (Å²) >= 11 is 3.05. The molecular weight excluding hydrogens is 404 g/mol. The number of thioether (sulfide) groups is 1. The number of carbonyl (C=O) groups excluding carboxylic acids is 1. The van der Waals surface area contributed by atoms with Crippen molar-refractivity contribution in [3.8, 4) is 0 Å². The minimum atomic E-state index is -0.366. The number of ketones is 1. The fraction of sp³-hybridized carbons (Fsp3) is 0.273. The molecule has 1 aliphatic carbocycles. The van der Waals surface area contributed by atoms with Crippen LogP contribution in [0, 0.1) is 5.41 Å². The zero-order valence-corrected chi connectivity index (χ0v) is 17.7. The van der Waals surface area contributed by atoms with Crippen molar-refractivity contribution in [2.45, 2.75) is 36.9 Å². The first-order valence-electron chi connectivity index (χ1n) is 9.42. The Morgan fingerprint density at radius 1 is 1.21 bits per heavy atom. The van der Waals surface area contributed by atoms with Gasteiger partial charge in [0.05, 0.1) is 27.3 Å². The van der Waals surface area contributed by atoms with Crippen LogP contribution in [0.5, 0.6) is 0 Å². The lowest BCUT2D eigenvalue weighted by Crippen LogP contribution is -2.33. The van der Waals surface area contributed by atoms with Crippen molar-refractivity contribution in [3.05, 3.63) is 70.5 Å². The topological polar surface area (TPSA) is 78.4 Å². The van der Waals surface area contributed by atoms with Crippen molar-refractivity contribution in [1.82, 2.24) is 4.98 Å². The van der Waals surface area contributed by atoms with E-state index in [0.29, 0.717) is 35.8 Å². The highest BCUT2D eigenvalue weighted by molar-refractivity contribution is 8.04. The van der Waals surface area contributed by atoms with Gasteiger partial charge in [-0.15, -0.1) is 11.3 Å². The molecule has 7 heteroatoms. The van der Waals surface area contributed by atoms with Crippen molar-refractivity contribution >= 4 is 39.1 Å². The zero-order chi connectivity index (χ0) is 20.2. The van der Waals surface area contributed by atoms with Gasteiger partial charge in [0.15, 0.2) is 10.1 Å². The SMILES string of the molecule is CC1(C)CC(=O)C2=C(C1)OC(N)=C(Sc1nc3ccccc3s1)C2c1ccco1. The highest BCUT2D eigenvalue weighted by Gasteiger charge is 2.44. The standard InChI is InChI=1S/C22H20N2O3S2/c1-22(2)10-13(25)17-15(11-22)27-20(23)19(18(17)14-7-5-9-26-14)29-21-24-12-6-3-4-8-16(12)28-21/h3-9,18H,10-11,23H2,1-2H3. The number of ether oxygens (including phenoxy) is 1. The largest absolute Gasteiger partial charge is 0.468 e. The number of furan rings is 1. The average Bonchev–Trinajstić information content (AvgIpc) is 3.30. The van der Waals surface area contributed by atoms with Crippen LogP contribution in [-0.2, 0) is 9.53 Å². The number of para-hydroxylation sites is 1. The molecule has 0 saturated heterocycles. The summed E-state index contributed by atoms with van der Waals surface area (Å²) in [5.74, 6) is 1.40. The van der Waals surface area contributed by atoms with E-state index >= 15 is 0 Å². The van der Waals surface area contributed by atoms with Crippen LogP contribution in [-0.4, -0.2) is 10.8 Å². The van der Waals surface area contributed by atoms with Gasteiger partial charge in [0.25, 0.3) is 0 Å². The summed E-state index contributed by atoms with van der Waals surface area (Å²) in [6.45, 7) is 4.15. The maximum Gasteiger partial charge on any atom is 0.201 e. The van der Waals surface area contributed by atoms with Crippen molar-refractivity contribution in [1.29, 1.82) is 0 Å². The summed E-state index contributed by atoms with van der Waals surface area (Å²) in [4.78, 5) is 18.6. The number of rotatable bonds is 3. The Balaban J connectivity index is 1.59. The Labute approximate surface area is 176 Å². The van der Waals surface area contributed by atoms with Crippen LogP contribution in [0.2, 0.25) is 0 Å². The van der Waals surface area contributed by atoms with E-state index in [2.05, 4.69) is 13.8 Å². The predicted molar refractivity (Wildman–Crippen MR) is 114 cm³/mol. The molecule has 2 aliphatic rings. The summed E-state index contributed by atoms with van der Waals surface area (Å²) in [6, 6.07) is 11.7. The molecule has 0 fully saturated rings. The van der Waals surface area contributed by atoms with E-state index < -0.39 is 0 Å². The second kappa shape index (κ2) is 6.78. The van der Waals surface area contributed by atoms with Gasteiger partial charge in [-0.3, -0.25) is 4.79 Å². The Bertz CT molecular complexity index is 1140. The van der Waals surface area contributed by atoms with Gasteiger partial charge >= 0.3 is 0 Å². The lowest BCUT2D eigenvalue weighted by molar-refractivity contribution is -0.119. The van der Waals surface area contributed by atoms with Crippen LogP contribution in [0.4, 0.5) is 0 Å². The third-order valence-electron chi connectivity index (χ3n) is 5.21. The van der Waals surface area contributed by atoms with E-state index in [1.807, 2.05) is 36.4 Å². The normalized spacial score (nSPS) is 21.4. The Morgan fingerprint density at radius 3 is 2.79 bits per heavy atom. The molecule has 1 aromatic carbocycles. The predicted octanol–water partition coefficient (Wildman–Crippen LogP) is 5.57. The van der Waals surface area contributed by atoms with Crippen molar-refractivity contribution < 1.29 is 13.9 Å². The summed E-state index contributed by atoms with van der Waals surface area (Å²) in [7, 11) is 0. The number of fused-ring (bicyclic) bond motifs is 1. The highest BCUT2D eigenvalue weighted by atomic mass is 32.2. The van der Waals surface area contributed by atoms with Crippen molar-refractivity contribution in [2.75, 3.05) is 0 Å². The van der Waals surface area contributed by atoms with Crippen LogP contribution >= 0.6 is 23.1 Å². The second-order valence-corrected chi connectivity index (χ2v) is 10.4. The second-order valence-electron chi connectivity index (χ2n) is 8.11. The number of nitrogens with two attached hydrogens (primary N) is 1. The molecule has 2 aromatic heterocycles. The lowest BCUT2D eigenvalue weighted by atomic mass is 9.72. The molecule has 0 amide bonds. The molecule has 1 aliphatic heterocycles. The number of Topliss-reactive ketones (excluding diaryl/α,β-unsaturated/α-hetero) is 1. The van der Waals surface area contributed by atoms with E-state index in [4.69, 9.17) is 19.9 Å². The fourth-order valence-corrected chi connectivity index (χ4v) is 6.20. The van der Waals surface area contributed by atoms with E-state index in [0.717, 1.165) is 19.5 Å². The van der Waals surface area contributed by atoms with Crippen LogP contribution in [0.25, 0.3) is 10.2 Å². The molecule has 3 heterocycles. The third kappa shape index (κ3) is 3.28. The summed E-state index contributed by atoms with van der Waals surface area (Å²) in [5, 5.41) is 0. The van der Waals surface area contributed by atoms with Gasteiger partial charge < -0.3 is 14.9 Å². The first kappa shape index (κ1) is 18.5. The Hall–Kier alpha value is -2.51. The van der Waals surface area contributed by atoms with Crippen LogP contribution in [0.3, 0.4) is 0 Å². The zero-order valence-electron chi connectivity index (χ0n) is 16.1. The molecule has 0 spiro atoms. The van der Waals surface area contributed by atoms with E-state index in [1.54, 1.807) is 17.6 Å². The van der Waals surface area contributed by atoms with Gasteiger partial charge in [-0.2, -0.15) is 0 Å². The molecule has 5 nitrogen and oxygen atoms in total. The smallest absolute Gasteiger partial charge is 0.201 e. The quantitative estimate of drug-likeness (QED) is 0.592. The highest BCUT2D eigenvalue weighted by Crippen LogP contribution is 2.52.